The van der Waals surface area contributed by atoms with Crippen molar-refractivity contribution >= 4 is 21.4 Å². The van der Waals surface area contributed by atoms with Gasteiger partial charge in [-0.1, -0.05) is 23.3 Å². The number of hydrogen-bond donors (Lipinski definition) is 0. The molecule has 0 aliphatic rings. The molecule has 0 atom stereocenters. The van der Waals surface area contributed by atoms with Gasteiger partial charge in [-0.3, -0.25) is 0 Å². The Morgan fingerprint density at radius 2 is 1.40 bits per heavy atom. The zero-order valence-electron chi connectivity index (χ0n) is 18.0. The fraction of sp³-hybridized carbons (Fsp3) is 0.364. The van der Waals surface area contributed by atoms with Gasteiger partial charge in [0.05, 0.1) is 39.1 Å². The van der Waals surface area contributed by atoms with Gasteiger partial charge in [-0.05, 0) is 44.5 Å². The second-order valence-electron chi connectivity index (χ2n) is 6.70. The van der Waals surface area contributed by atoms with E-state index in [2.05, 4.69) is 0 Å². The molecule has 2 rings (SSSR count). The van der Waals surface area contributed by atoms with Crippen LogP contribution in [0.3, 0.4) is 0 Å². The van der Waals surface area contributed by atoms with E-state index in [-0.39, 0.29) is 10.6 Å². The van der Waals surface area contributed by atoms with Crippen LogP contribution in [0, 0.1) is 6.92 Å². The fourth-order valence-corrected chi connectivity index (χ4v) is 4.82. The molecule has 0 fully saturated rings. The predicted molar refractivity (Wildman–Crippen MR) is 118 cm³/mol. The molecule has 8 heteroatoms. The van der Waals surface area contributed by atoms with E-state index in [1.54, 1.807) is 33.3 Å². The van der Waals surface area contributed by atoms with Gasteiger partial charge >= 0.3 is 0 Å². The minimum absolute atomic E-state index is 0.0968. The molecular formula is C22H27ClO6S. The summed E-state index contributed by atoms with van der Waals surface area (Å²) in [4.78, 5) is 0.237. The molecule has 164 valence electrons. The first-order valence-electron chi connectivity index (χ1n) is 9.19. The molecule has 30 heavy (non-hydrogen) atoms. The first-order valence-corrected chi connectivity index (χ1v) is 11.2. The van der Waals surface area contributed by atoms with E-state index >= 15 is 0 Å². The smallest absolute Gasteiger partial charge is 0.207 e. The Kier molecular flexibility index (Phi) is 8.03. The first kappa shape index (κ1) is 23.9. The Labute approximate surface area is 183 Å². The minimum Gasteiger partial charge on any atom is -0.492 e. The van der Waals surface area contributed by atoms with Gasteiger partial charge in [-0.15, -0.1) is 0 Å². The zero-order chi connectivity index (χ0) is 22.5. The normalized spacial score (nSPS) is 11.9. The van der Waals surface area contributed by atoms with Crippen LogP contribution in [0.4, 0.5) is 0 Å². The Morgan fingerprint density at radius 1 is 0.900 bits per heavy atom. The van der Waals surface area contributed by atoms with Crippen LogP contribution in [0.1, 0.15) is 18.1 Å². The third-order valence-electron chi connectivity index (χ3n) is 4.75. The second-order valence-corrected chi connectivity index (χ2v) is 9.13. The molecule has 0 spiro atoms. The summed E-state index contributed by atoms with van der Waals surface area (Å²) in [5, 5.41) is 0.492. The van der Waals surface area contributed by atoms with Crippen molar-refractivity contribution in [2.75, 3.05) is 34.2 Å². The highest BCUT2D eigenvalue weighted by molar-refractivity contribution is 7.91. The van der Waals surface area contributed by atoms with Gasteiger partial charge in [-0.2, -0.15) is 0 Å². The maximum atomic E-state index is 12.7. The number of ether oxygens (including phenoxy) is 4. The van der Waals surface area contributed by atoms with Crippen molar-refractivity contribution < 1.29 is 27.4 Å². The topological polar surface area (TPSA) is 71.1 Å². The van der Waals surface area contributed by atoms with Crippen molar-refractivity contribution in [3.05, 3.63) is 52.1 Å². The lowest BCUT2D eigenvalue weighted by Crippen LogP contribution is -2.08. The van der Waals surface area contributed by atoms with E-state index < -0.39 is 9.84 Å². The van der Waals surface area contributed by atoms with Crippen LogP contribution in [0.15, 0.2) is 40.8 Å². The fourth-order valence-electron chi connectivity index (χ4n) is 3.26. The summed E-state index contributed by atoms with van der Waals surface area (Å²) in [5.41, 5.74) is 2.37. The van der Waals surface area contributed by atoms with E-state index in [1.165, 1.54) is 26.4 Å². The van der Waals surface area contributed by atoms with Gasteiger partial charge < -0.3 is 18.9 Å². The second kappa shape index (κ2) is 10.1. The number of allylic oxidation sites excluding steroid dienone is 1. The Bertz CT molecular complexity index is 1030. The molecule has 2 aromatic rings. The summed E-state index contributed by atoms with van der Waals surface area (Å²) >= 11 is 5.85. The van der Waals surface area contributed by atoms with Gasteiger partial charge in [0, 0.05) is 16.1 Å². The van der Waals surface area contributed by atoms with Crippen LogP contribution in [-0.2, 0) is 16.3 Å². The molecule has 0 saturated carbocycles. The Hall–Kier alpha value is -2.38. The average molecular weight is 455 g/mol. The summed E-state index contributed by atoms with van der Waals surface area (Å²) in [7, 11) is 2.69. The summed E-state index contributed by atoms with van der Waals surface area (Å²) in [6.45, 7) is 3.68. The number of benzene rings is 2. The Morgan fingerprint density at radius 3 is 1.90 bits per heavy atom. The standard InChI is InChI=1S/C22H27ClO6S/c1-14(13-30(24,25)17-10-8-16(23)9-11-17)7-12-18-15(2)19(26-3)21(28-5)22(29-6)20(18)27-4/h7-11H,12-13H2,1-6H3. The molecule has 0 heterocycles. The van der Waals surface area contributed by atoms with E-state index in [1.807, 2.05) is 13.0 Å². The van der Waals surface area contributed by atoms with Crippen molar-refractivity contribution in [3.8, 4) is 23.0 Å². The molecule has 0 aliphatic heterocycles. The molecule has 0 amide bonds. The van der Waals surface area contributed by atoms with Crippen molar-refractivity contribution in [2.24, 2.45) is 0 Å². The van der Waals surface area contributed by atoms with Crippen LogP contribution in [0.2, 0.25) is 5.02 Å². The lowest BCUT2D eigenvalue weighted by molar-refractivity contribution is 0.302. The average Bonchev–Trinajstić information content (AvgIpc) is 2.71. The molecule has 0 aromatic heterocycles. The van der Waals surface area contributed by atoms with Crippen molar-refractivity contribution in [3.63, 3.8) is 0 Å². The highest BCUT2D eigenvalue weighted by atomic mass is 35.5. The summed E-state index contributed by atoms with van der Waals surface area (Å²) < 4.78 is 47.4. The third kappa shape index (κ3) is 5.02. The number of hydrogen-bond acceptors (Lipinski definition) is 6. The lowest BCUT2D eigenvalue weighted by Gasteiger charge is -2.21. The molecular weight excluding hydrogens is 428 g/mol. The maximum absolute atomic E-state index is 12.7. The quantitative estimate of drug-likeness (QED) is 0.514. The van der Waals surface area contributed by atoms with Crippen molar-refractivity contribution in [1.29, 1.82) is 0 Å². The van der Waals surface area contributed by atoms with Crippen molar-refractivity contribution in [2.45, 2.75) is 25.2 Å². The maximum Gasteiger partial charge on any atom is 0.207 e. The molecule has 0 bridgehead atoms. The molecule has 6 nitrogen and oxygen atoms in total. The first-order chi connectivity index (χ1) is 14.2. The van der Waals surface area contributed by atoms with Crippen molar-refractivity contribution in [1.82, 2.24) is 0 Å². The summed E-state index contributed by atoms with van der Waals surface area (Å²) in [6.07, 6.45) is 2.30. The van der Waals surface area contributed by atoms with Crippen LogP contribution in [-0.4, -0.2) is 42.6 Å². The van der Waals surface area contributed by atoms with Crippen LogP contribution in [0.5, 0.6) is 23.0 Å². The third-order valence-corrected chi connectivity index (χ3v) is 6.83. The highest BCUT2D eigenvalue weighted by Gasteiger charge is 2.25. The van der Waals surface area contributed by atoms with E-state index in [0.29, 0.717) is 40.0 Å². The number of sulfone groups is 1. The van der Waals surface area contributed by atoms with Crippen LogP contribution >= 0.6 is 11.6 Å². The molecule has 0 saturated heterocycles. The van der Waals surface area contributed by atoms with E-state index in [4.69, 9.17) is 30.5 Å². The van der Waals surface area contributed by atoms with Gasteiger partial charge in [0.2, 0.25) is 11.5 Å². The zero-order valence-corrected chi connectivity index (χ0v) is 19.6. The number of halogens is 1. The molecule has 0 unspecified atom stereocenters. The number of methoxy groups -OCH3 is 4. The monoisotopic (exact) mass is 454 g/mol. The van der Waals surface area contributed by atoms with Crippen LogP contribution in [0.25, 0.3) is 0 Å². The van der Waals surface area contributed by atoms with Gasteiger partial charge in [-0.25, -0.2) is 8.42 Å². The summed E-state index contributed by atoms with van der Waals surface area (Å²) in [6, 6.07) is 6.16. The molecule has 0 N–H and O–H groups in total. The predicted octanol–water partition coefficient (Wildman–Crippen LogP) is 4.65. The molecule has 0 radical (unpaired) electrons. The number of rotatable bonds is 9. The SMILES string of the molecule is COc1c(C)c(CC=C(C)CS(=O)(=O)c2ccc(Cl)cc2)c(OC)c(OC)c1OC. The van der Waals surface area contributed by atoms with E-state index in [9.17, 15) is 8.42 Å². The van der Waals surface area contributed by atoms with E-state index in [0.717, 1.165) is 11.1 Å². The molecule has 0 aliphatic carbocycles. The van der Waals surface area contributed by atoms with Gasteiger partial charge in [0.25, 0.3) is 0 Å². The van der Waals surface area contributed by atoms with Gasteiger partial charge in [0.1, 0.15) is 0 Å². The van der Waals surface area contributed by atoms with Crippen LogP contribution < -0.4 is 18.9 Å². The summed E-state index contributed by atoms with van der Waals surface area (Å²) in [5.74, 6) is 1.85. The highest BCUT2D eigenvalue weighted by Crippen LogP contribution is 2.49. The minimum atomic E-state index is -3.47. The Balaban J connectivity index is 2.39. The van der Waals surface area contributed by atoms with Gasteiger partial charge in [0.15, 0.2) is 21.3 Å². The molecule has 2 aromatic carbocycles. The lowest BCUT2D eigenvalue weighted by atomic mass is 10.0. The largest absolute Gasteiger partial charge is 0.492 e.